The van der Waals surface area contributed by atoms with E-state index in [4.69, 9.17) is 0 Å². The van der Waals surface area contributed by atoms with Crippen molar-refractivity contribution < 1.29 is 18.8 Å². The van der Waals surface area contributed by atoms with E-state index < -0.39 is 0 Å². The molecule has 3 aliphatic heterocycles. The number of carbonyl (C=O) groups excluding carboxylic acids is 3. The lowest BCUT2D eigenvalue weighted by Crippen LogP contribution is -2.43. The van der Waals surface area contributed by atoms with E-state index in [1.807, 2.05) is 80.0 Å². The maximum absolute atomic E-state index is 13.6. The third-order valence-electron chi connectivity index (χ3n) is 19.4. The summed E-state index contributed by atoms with van der Waals surface area (Å²) in [5.41, 5.74) is 18.8. The third kappa shape index (κ3) is 19.5. The van der Waals surface area contributed by atoms with Crippen LogP contribution in [0.25, 0.3) is 16.6 Å². The van der Waals surface area contributed by atoms with Crippen LogP contribution in [-0.2, 0) is 19.6 Å². The number of nitrogens with zero attached hydrogens (tertiary/aromatic N) is 15. The lowest BCUT2D eigenvalue weighted by Gasteiger charge is -2.32. The number of rotatable bonds is 12. The summed E-state index contributed by atoms with van der Waals surface area (Å²) in [7, 11) is 6.49. The molecule has 0 spiro atoms. The molecular formula is C85H85FN18O3. The van der Waals surface area contributed by atoms with Crippen molar-refractivity contribution in [3.8, 4) is 35.5 Å². The summed E-state index contributed by atoms with van der Waals surface area (Å²) in [4.78, 5) is 65.8. The first kappa shape index (κ1) is 73.3. The van der Waals surface area contributed by atoms with Gasteiger partial charge in [-0.3, -0.25) is 44.0 Å². The number of piperazine rings is 3. The second-order valence-electron chi connectivity index (χ2n) is 27.6. The molecular weight excluding hydrogens is 1340 g/mol. The van der Waals surface area contributed by atoms with E-state index in [1.54, 1.807) is 87.5 Å². The molecule has 0 bridgehead atoms. The Bertz CT molecular complexity index is 5210. The number of halogens is 1. The van der Waals surface area contributed by atoms with Crippen LogP contribution in [0.3, 0.4) is 0 Å². The van der Waals surface area contributed by atoms with Gasteiger partial charge in [-0.25, -0.2) is 17.9 Å². The SMILES string of the molecule is Cc1cc(NC(=O)c2cncc(C#Cc3cnn4ccc(F)cc34)c2)ccc1CN1CCN(C)CC1.Cc1cc(NC(=O)c2cncc(C#Cc3cnn4ccccc34)c2)ccc1CN1CCN(C)CC1.Cc1ccn2ncc(C#Cc3cncc(C(=O)Nc4ccc(CN5CCN(C)CC5)c(C)c4)c3)c2c1. The van der Waals surface area contributed by atoms with E-state index in [0.717, 1.165) is 149 Å². The molecule has 3 aliphatic rings. The Morgan fingerprint density at radius 3 is 1.11 bits per heavy atom. The van der Waals surface area contributed by atoms with Gasteiger partial charge in [0.15, 0.2) is 0 Å². The average molecular weight is 1430 g/mol. The number of aryl methyl sites for hydroxylation is 4. The molecule has 12 aromatic rings. The number of fused-ring (bicyclic) bond motifs is 3. The van der Waals surface area contributed by atoms with Gasteiger partial charge >= 0.3 is 0 Å². The van der Waals surface area contributed by atoms with Gasteiger partial charge in [0.2, 0.25) is 0 Å². The van der Waals surface area contributed by atoms with Crippen molar-refractivity contribution in [3.05, 3.63) is 284 Å². The summed E-state index contributed by atoms with van der Waals surface area (Å²) in [5, 5.41) is 21.8. The Morgan fingerprint density at radius 2 is 0.729 bits per heavy atom. The van der Waals surface area contributed by atoms with Crippen LogP contribution < -0.4 is 16.0 Å². The van der Waals surface area contributed by atoms with Crippen molar-refractivity contribution in [1.29, 1.82) is 0 Å². The molecule has 3 fully saturated rings. The van der Waals surface area contributed by atoms with Crippen LogP contribution in [-0.4, -0.2) is 191 Å². The second-order valence-corrected chi connectivity index (χ2v) is 27.6. The van der Waals surface area contributed by atoms with Gasteiger partial charge in [-0.2, -0.15) is 15.3 Å². The number of hydrogen-bond donors (Lipinski definition) is 3. The van der Waals surface area contributed by atoms with Gasteiger partial charge < -0.3 is 30.7 Å². The first-order valence-electron chi connectivity index (χ1n) is 35.8. The molecule has 12 heterocycles. The van der Waals surface area contributed by atoms with E-state index in [-0.39, 0.29) is 23.5 Å². The molecule has 0 radical (unpaired) electrons. The third-order valence-corrected chi connectivity index (χ3v) is 19.4. The van der Waals surface area contributed by atoms with Crippen molar-refractivity contribution in [2.24, 2.45) is 0 Å². The van der Waals surface area contributed by atoms with Crippen molar-refractivity contribution in [3.63, 3.8) is 0 Å². The number of pyridine rings is 6. The quantitative estimate of drug-likeness (QED) is 0.0976. The number of aromatic nitrogens is 9. The van der Waals surface area contributed by atoms with E-state index >= 15 is 0 Å². The van der Waals surface area contributed by atoms with Crippen molar-refractivity contribution in [1.82, 2.24) is 73.2 Å². The Kier molecular flexibility index (Phi) is 23.5. The zero-order chi connectivity index (χ0) is 74.3. The fourth-order valence-electron chi connectivity index (χ4n) is 12.8. The molecule has 3 N–H and O–H groups in total. The highest BCUT2D eigenvalue weighted by Gasteiger charge is 2.20. The first-order chi connectivity index (χ1) is 51.9. The van der Waals surface area contributed by atoms with Crippen molar-refractivity contribution in [2.45, 2.75) is 47.3 Å². The van der Waals surface area contributed by atoms with Gasteiger partial charge in [0.1, 0.15) is 5.82 Å². The van der Waals surface area contributed by atoms with Gasteiger partial charge in [-0.05, 0) is 173 Å². The number of carbonyl (C=O) groups is 3. The molecule has 0 saturated carbocycles. The maximum Gasteiger partial charge on any atom is 0.257 e. The molecule has 540 valence electrons. The van der Waals surface area contributed by atoms with Gasteiger partial charge in [-0.1, -0.05) is 59.8 Å². The number of benzene rings is 3. The zero-order valence-electron chi connectivity index (χ0n) is 61.3. The fraction of sp³-hybridized carbons (Fsp3) is 0.259. The van der Waals surface area contributed by atoms with E-state index in [9.17, 15) is 18.8 Å². The number of amides is 3. The predicted molar refractivity (Wildman–Crippen MR) is 417 cm³/mol. The highest BCUT2D eigenvalue weighted by atomic mass is 19.1. The van der Waals surface area contributed by atoms with Crippen LogP contribution in [0.1, 0.15) is 103 Å². The minimum absolute atomic E-state index is 0.205. The monoisotopic (exact) mass is 1420 g/mol. The largest absolute Gasteiger partial charge is 0.322 e. The Hall–Kier alpha value is -12.0. The van der Waals surface area contributed by atoms with Gasteiger partial charge in [0.25, 0.3) is 17.7 Å². The molecule has 0 unspecified atom stereocenters. The molecule has 21 nitrogen and oxygen atoms in total. The Morgan fingerprint density at radius 1 is 0.374 bits per heavy atom. The highest BCUT2D eigenvalue weighted by Crippen LogP contribution is 2.24. The second kappa shape index (κ2) is 34.3. The topological polar surface area (TPSA) is 197 Å². The molecule has 22 heteroatoms. The molecule has 3 saturated heterocycles. The molecule has 107 heavy (non-hydrogen) atoms. The van der Waals surface area contributed by atoms with Gasteiger partial charge in [0, 0.05) is 194 Å². The minimum Gasteiger partial charge on any atom is -0.322 e. The lowest BCUT2D eigenvalue weighted by atomic mass is 10.1. The van der Waals surface area contributed by atoms with Crippen LogP contribution >= 0.6 is 0 Å². The number of nitrogens with one attached hydrogen (secondary N) is 3. The van der Waals surface area contributed by atoms with E-state index in [2.05, 4.69) is 177 Å². The predicted octanol–water partition coefficient (Wildman–Crippen LogP) is 10.8. The van der Waals surface area contributed by atoms with Crippen molar-refractivity contribution >= 4 is 51.3 Å². The van der Waals surface area contributed by atoms with Crippen LogP contribution in [0.4, 0.5) is 21.5 Å². The summed E-state index contributed by atoms with van der Waals surface area (Å²) >= 11 is 0. The van der Waals surface area contributed by atoms with Crippen molar-refractivity contribution in [2.75, 3.05) is 116 Å². The molecule has 0 atom stereocenters. The summed E-state index contributed by atoms with van der Waals surface area (Å²) in [6, 6.07) is 36.1. The molecule has 9 aromatic heterocycles. The van der Waals surface area contributed by atoms with Crippen LogP contribution in [0, 0.1) is 69.0 Å². The smallest absolute Gasteiger partial charge is 0.257 e. The summed E-state index contributed by atoms with van der Waals surface area (Å²) in [6.07, 6.45) is 20.0. The molecule has 3 amide bonds. The Balaban J connectivity index is 0.000000142. The minimum atomic E-state index is -0.353. The highest BCUT2D eigenvalue weighted by molar-refractivity contribution is 6.05. The lowest BCUT2D eigenvalue weighted by molar-refractivity contribution is 0.101. The maximum atomic E-state index is 13.6. The Labute approximate surface area is 623 Å². The van der Waals surface area contributed by atoms with Gasteiger partial charge in [0.05, 0.1) is 68.5 Å². The van der Waals surface area contributed by atoms with E-state index in [0.29, 0.717) is 44.5 Å². The standard InChI is InChI=1S/C29H30N6O.C28H27FN6O.C28H28N6O/c1-21-8-9-35-28(14-21)24(19-31-35)5-4-23-16-26(18-30-17-23)29(36)32-27-7-6-25(22(2)15-27)20-34-12-10-33(3)11-13-34;1-20-13-26(6-5-23(20)19-34-11-9-33(2)10-12-34)32-28(36)24-14-21(16-30-17-24)3-4-22-18-31-35-8-7-25(29)15-27(22)35;1-21-15-26(9-8-24(21)20-33-13-11-32(2)12-14-33)31-28(35)25-16-22(17-29-18-25)6-7-23-19-30-34-10-4-3-5-27(23)34/h6-9,14-19H,10-13,20H2,1-3H3,(H,32,36);5-8,13-18H,9-12,19H2,1-2H3,(H,32,36);3-5,8-10,15-19H,11-14,20H2,1-2H3,(H,31,35). The molecule has 3 aromatic carbocycles. The molecule has 0 aliphatic carbocycles. The van der Waals surface area contributed by atoms with Crippen LogP contribution in [0.5, 0.6) is 0 Å². The molecule has 15 rings (SSSR count). The summed E-state index contributed by atoms with van der Waals surface area (Å²) in [5.74, 6) is 17.5. The summed E-state index contributed by atoms with van der Waals surface area (Å²) < 4.78 is 18.7. The fourth-order valence-corrected chi connectivity index (χ4v) is 12.8. The van der Waals surface area contributed by atoms with Crippen LogP contribution in [0.2, 0.25) is 0 Å². The summed E-state index contributed by atoms with van der Waals surface area (Å²) in [6.45, 7) is 24.1. The first-order valence-corrected chi connectivity index (χ1v) is 35.8. The van der Waals surface area contributed by atoms with Crippen LogP contribution in [0.15, 0.2) is 190 Å². The number of likely N-dealkylation sites (N-methyl/N-ethyl adjacent to an activating group) is 3. The zero-order valence-corrected chi connectivity index (χ0v) is 61.3. The normalized spacial score (nSPS) is 14.4. The van der Waals surface area contributed by atoms with E-state index in [1.165, 1.54) is 46.1 Å². The average Bonchev–Trinajstić information content (AvgIpc) is 1.10. The van der Waals surface area contributed by atoms with Gasteiger partial charge in [-0.15, -0.1) is 0 Å². The number of anilines is 3. The number of hydrogen-bond acceptors (Lipinski definition) is 15.